The molecule has 0 bridgehead atoms. The number of esters is 1. The Hall–Kier alpha value is -4.02. The Morgan fingerprint density at radius 3 is 2.33 bits per heavy atom. The highest BCUT2D eigenvalue weighted by Crippen LogP contribution is 2.34. The third kappa shape index (κ3) is 5.74. The lowest BCUT2D eigenvalue weighted by Gasteiger charge is -2.15. The molecule has 0 radical (unpaired) electrons. The molecule has 1 heterocycles. The second-order valence-electron chi connectivity index (χ2n) is 5.71. The molecule has 30 heavy (non-hydrogen) atoms. The number of hydrogen-bond donors (Lipinski definition) is 3. The van der Waals surface area contributed by atoms with Crippen LogP contribution in [0.15, 0.2) is 34.9 Å². The molecule has 1 aromatic heterocycles. The highest BCUT2D eigenvalue weighted by molar-refractivity contribution is 6.07. The number of amides is 3. The van der Waals surface area contributed by atoms with Gasteiger partial charge in [-0.1, -0.05) is 0 Å². The van der Waals surface area contributed by atoms with Crippen molar-refractivity contribution >= 4 is 29.4 Å². The molecule has 3 N–H and O–H groups in total. The van der Waals surface area contributed by atoms with Crippen LogP contribution in [-0.2, 0) is 14.3 Å². The molecule has 0 saturated carbocycles. The molecule has 2 aromatic rings. The van der Waals surface area contributed by atoms with Crippen molar-refractivity contribution in [3.05, 3.63) is 41.9 Å². The van der Waals surface area contributed by atoms with E-state index in [-0.39, 0.29) is 35.1 Å². The molecule has 0 aliphatic rings. The molecule has 0 saturated heterocycles. The van der Waals surface area contributed by atoms with E-state index in [0.29, 0.717) is 0 Å². The van der Waals surface area contributed by atoms with E-state index in [4.69, 9.17) is 18.6 Å². The van der Waals surface area contributed by atoms with Gasteiger partial charge in [-0.05, 0) is 12.1 Å². The number of methoxy groups -OCH3 is 2. The summed E-state index contributed by atoms with van der Waals surface area (Å²) >= 11 is 0. The van der Waals surface area contributed by atoms with Crippen molar-refractivity contribution in [3.8, 4) is 11.5 Å². The van der Waals surface area contributed by atoms with Crippen molar-refractivity contribution in [3.63, 3.8) is 0 Å². The van der Waals surface area contributed by atoms with Crippen LogP contribution in [0.25, 0.3) is 0 Å². The average Bonchev–Trinajstić information content (AvgIpc) is 3.30. The molecular formula is C19H21N3O8. The van der Waals surface area contributed by atoms with Gasteiger partial charge in [0.25, 0.3) is 11.8 Å². The lowest BCUT2D eigenvalue weighted by atomic mass is 10.1. The topological polar surface area (TPSA) is 145 Å². The highest BCUT2D eigenvalue weighted by atomic mass is 16.5. The van der Waals surface area contributed by atoms with Gasteiger partial charge in [-0.15, -0.1) is 0 Å². The van der Waals surface area contributed by atoms with Crippen LogP contribution < -0.4 is 25.4 Å². The largest absolute Gasteiger partial charge is 0.493 e. The highest BCUT2D eigenvalue weighted by Gasteiger charge is 2.21. The lowest BCUT2D eigenvalue weighted by molar-refractivity contribution is -0.127. The standard InChI is InChI=1S/C19H21N3O8/c1-20-16(23)9-21-17(24)10-30-19(26)11-7-14(27-2)15(28-3)8-12(11)22-18(25)13-5-4-6-29-13/h4-8H,9-10H2,1-3H3,(H,20,23)(H,21,24)(H,22,25). The van der Waals surface area contributed by atoms with E-state index >= 15 is 0 Å². The summed E-state index contributed by atoms with van der Waals surface area (Å²) < 4.78 is 20.4. The monoisotopic (exact) mass is 419 g/mol. The van der Waals surface area contributed by atoms with Gasteiger partial charge in [0.2, 0.25) is 5.91 Å². The number of carbonyl (C=O) groups is 4. The van der Waals surface area contributed by atoms with Gasteiger partial charge in [0, 0.05) is 19.2 Å². The minimum absolute atomic E-state index is 0.0256. The summed E-state index contributed by atoms with van der Waals surface area (Å²) in [6, 6.07) is 5.67. The zero-order valence-electron chi connectivity index (χ0n) is 16.6. The van der Waals surface area contributed by atoms with Crippen LogP contribution in [0.3, 0.4) is 0 Å². The molecule has 0 aliphatic heterocycles. The number of hydrogen-bond acceptors (Lipinski definition) is 8. The summed E-state index contributed by atoms with van der Waals surface area (Å²) in [4.78, 5) is 47.8. The minimum Gasteiger partial charge on any atom is -0.493 e. The second kappa shape index (κ2) is 10.5. The first-order valence-corrected chi connectivity index (χ1v) is 8.64. The number of likely N-dealkylation sites (N-methyl/N-ethyl adjacent to an activating group) is 1. The van der Waals surface area contributed by atoms with Crippen molar-refractivity contribution in [1.29, 1.82) is 0 Å². The van der Waals surface area contributed by atoms with Gasteiger partial charge in [0.1, 0.15) is 0 Å². The summed E-state index contributed by atoms with van der Waals surface area (Å²) in [6.07, 6.45) is 1.33. The van der Waals surface area contributed by atoms with E-state index in [1.807, 2.05) is 0 Å². The van der Waals surface area contributed by atoms with Crippen molar-refractivity contribution in [2.45, 2.75) is 0 Å². The first-order valence-electron chi connectivity index (χ1n) is 8.64. The Kier molecular flexibility index (Phi) is 7.80. The van der Waals surface area contributed by atoms with E-state index in [2.05, 4.69) is 16.0 Å². The van der Waals surface area contributed by atoms with Crippen molar-refractivity contribution in [2.75, 3.05) is 39.7 Å². The third-order valence-electron chi connectivity index (χ3n) is 3.80. The first-order chi connectivity index (χ1) is 14.4. The lowest BCUT2D eigenvalue weighted by Crippen LogP contribution is -2.37. The van der Waals surface area contributed by atoms with Crippen LogP contribution in [0.4, 0.5) is 5.69 Å². The molecule has 0 aliphatic carbocycles. The van der Waals surface area contributed by atoms with E-state index in [9.17, 15) is 19.2 Å². The number of rotatable bonds is 9. The predicted octanol–water partition coefficient (Wildman–Crippen LogP) is 0.568. The molecule has 0 atom stereocenters. The summed E-state index contributed by atoms with van der Waals surface area (Å²) in [5.41, 5.74) is -0.0172. The molecule has 0 fully saturated rings. The summed E-state index contributed by atoms with van der Waals surface area (Å²) in [6.45, 7) is -0.885. The molecule has 11 nitrogen and oxygen atoms in total. The Morgan fingerprint density at radius 2 is 1.73 bits per heavy atom. The number of anilines is 1. The Morgan fingerprint density at radius 1 is 1.03 bits per heavy atom. The van der Waals surface area contributed by atoms with Crippen LogP contribution in [0, 0.1) is 0 Å². The summed E-state index contributed by atoms with van der Waals surface area (Å²) in [7, 11) is 4.19. The maximum absolute atomic E-state index is 12.5. The fourth-order valence-electron chi connectivity index (χ4n) is 2.27. The number of carbonyl (C=O) groups excluding carboxylic acids is 4. The Labute approximate surface area is 171 Å². The first kappa shape index (κ1) is 22.3. The zero-order valence-corrected chi connectivity index (χ0v) is 16.6. The van der Waals surface area contributed by atoms with Crippen LogP contribution in [0.2, 0.25) is 0 Å². The van der Waals surface area contributed by atoms with Gasteiger partial charge in [0.05, 0.1) is 38.3 Å². The molecule has 1 aromatic carbocycles. The van der Waals surface area contributed by atoms with Gasteiger partial charge in [-0.25, -0.2) is 4.79 Å². The maximum Gasteiger partial charge on any atom is 0.340 e. The molecule has 160 valence electrons. The van der Waals surface area contributed by atoms with Crippen LogP contribution >= 0.6 is 0 Å². The molecule has 2 rings (SSSR count). The molecule has 0 spiro atoms. The summed E-state index contributed by atoms with van der Waals surface area (Å²) in [5, 5.41) is 7.16. The summed E-state index contributed by atoms with van der Waals surface area (Å²) in [5.74, 6) is -2.09. The fourth-order valence-corrected chi connectivity index (χ4v) is 2.27. The minimum atomic E-state index is -0.902. The van der Waals surface area contributed by atoms with E-state index in [1.54, 1.807) is 0 Å². The maximum atomic E-state index is 12.5. The molecule has 0 unspecified atom stereocenters. The normalized spacial score (nSPS) is 9.97. The van der Waals surface area contributed by atoms with Gasteiger partial charge in [0.15, 0.2) is 23.9 Å². The van der Waals surface area contributed by atoms with Gasteiger partial charge < -0.3 is 34.6 Å². The second-order valence-corrected chi connectivity index (χ2v) is 5.71. The SMILES string of the molecule is CNC(=O)CNC(=O)COC(=O)c1cc(OC)c(OC)cc1NC(=O)c1ccco1. The van der Waals surface area contributed by atoms with E-state index in [0.717, 1.165) is 0 Å². The predicted molar refractivity (Wildman–Crippen MR) is 104 cm³/mol. The third-order valence-corrected chi connectivity index (χ3v) is 3.80. The van der Waals surface area contributed by atoms with Gasteiger partial charge >= 0.3 is 5.97 Å². The van der Waals surface area contributed by atoms with Crippen molar-refractivity contribution in [1.82, 2.24) is 10.6 Å². The number of furan rings is 1. The molecule has 3 amide bonds. The molecular weight excluding hydrogens is 398 g/mol. The van der Waals surface area contributed by atoms with Gasteiger partial charge in [-0.3, -0.25) is 14.4 Å². The van der Waals surface area contributed by atoms with Crippen molar-refractivity contribution < 1.29 is 37.8 Å². The van der Waals surface area contributed by atoms with Crippen molar-refractivity contribution in [2.24, 2.45) is 0 Å². The Bertz CT molecular complexity index is 924. The van der Waals surface area contributed by atoms with Gasteiger partial charge in [-0.2, -0.15) is 0 Å². The quantitative estimate of drug-likeness (QED) is 0.500. The molecule has 11 heteroatoms. The number of ether oxygens (including phenoxy) is 3. The van der Waals surface area contributed by atoms with Crippen LogP contribution in [-0.4, -0.2) is 58.1 Å². The smallest absolute Gasteiger partial charge is 0.340 e. The van der Waals surface area contributed by atoms with E-state index in [1.165, 1.54) is 51.8 Å². The van der Waals surface area contributed by atoms with Crippen LogP contribution in [0.1, 0.15) is 20.9 Å². The van der Waals surface area contributed by atoms with Crippen LogP contribution in [0.5, 0.6) is 11.5 Å². The fraction of sp³-hybridized carbons (Fsp3) is 0.263. The number of nitrogens with one attached hydrogen (secondary N) is 3. The zero-order chi connectivity index (χ0) is 22.1. The Balaban J connectivity index is 2.19. The van der Waals surface area contributed by atoms with E-state index < -0.39 is 30.3 Å². The average molecular weight is 419 g/mol. The number of benzene rings is 1.